The molecule has 0 spiro atoms. The van der Waals surface area contributed by atoms with Crippen LogP contribution in [0.25, 0.3) is 0 Å². The molecule has 0 unspecified atom stereocenters. The summed E-state index contributed by atoms with van der Waals surface area (Å²) in [7, 11) is 1.56. The van der Waals surface area contributed by atoms with Crippen LogP contribution in [0.1, 0.15) is 18.7 Å². The molecule has 1 aromatic heterocycles. The predicted molar refractivity (Wildman–Crippen MR) is 71.0 cm³/mol. The Balaban J connectivity index is 2.13. The summed E-state index contributed by atoms with van der Waals surface area (Å²) in [6, 6.07) is 1.30. The lowest BCUT2D eigenvalue weighted by Crippen LogP contribution is -2.40. The van der Waals surface area contributed by atoms with Crippen molar-refractivity contribution in [2.75, 3.05) is 25.0 Å². The van der Waals surface area contributed by atoms with Crippen molar-refractivity contribution in [2.45, 2.75) is 19.0 Å². The van der Waals surface area contributed by atoms with Crippen LogP contribution >= 0.6 is 11.6 Å². The van der Waals surface area contributed by atoms with Gasteiger partial charge >= 0.3 is 6.18 Å². The molecule has 0 aromatic carbocycles. The highest BCUT2D eigenvalue weighted by Gasteiger charge is 2.36. The first-order valence-electron chi connectivity index (χ1n) is 6.39. The van der Waals surface area contributed by atoms with E-state index in [1.54, 1.807) is 11.9 Å². The Morgan fingerprint density at radius 1 is 1.38 bits per heavy atom. The van der Waals surface area contributed by atoms with Gasteiger partial charge in [-0.2, -0.15) is 13.2 Å². The van der Waals surface area contributed by atoms with Gasteiger partial charge in [-0.15, -0.1) is 0 Å². The zero-order valence-electron chi connectivity index (χ0n) is 11.2. The number of rotatable bonds is 2. The topological polar surface area (TPSA) is 58.1 Å². The van der Waals surface area contributed by atoms with Crippen LogP contribution in [0, 0.1) is 5.92 Å². The fourth-order valence-electron chi connectivity index (χ4n) is 2.27. The summed E-state index contributed by atoms with van der Waals surface area (Å²) >= 11 is 5.63. The van der Waals surface area contributed by atoms with Crippen molar-refractivity contribution in [1.82, 2.24) is 15.3 Å². The Morgan fingerprint density at radius 3 is 2.52 bits per heavy atom. The van der Waals surface area contributed by atoms with Crippen molar-refractivity contribution in [1.29, 1.82) is 0 Å². The number of alkyl halides is 3. The minimum absolute atomic E-state index is 0.0497. The Kier molecular flexibility index (Phi) is 4.55. The van der Waals surface area contributed by atoms with Gasteiger partial charge in [0, 0.05) is 32.1 Å². The van der Waals surface area contributed by atoms with Gasteiger partial charge in [0.25, 0.3) is 0 Å². The number of anilines is 1. The number of aromatic nitrogens is 2. The number of carbonyl (C=O) groups is 1. The van der Waals surface area contributed by atoms with Crippen LogP contribution in [0.2, 0.25) is 5.15 Å². The molecule has 1 aliphatic rings. The summed E-state index contributed by atoms with van der Waals surface area (Å²) in [5.74, 6) is -1.28. The highest BCUT2D eigenvalue weighted by molar-refractivity contribution is 6.29. The van der Waals surface area contributed by atoms with Crippen molar-refractivity contribution in [2.24, 2.45) is 5.92 Å². The second-order valence-corrected chi connectivity index (χ2v) is 5.13. The third-order valence-corrected chi connectivity index (χ3v) is 3.56. The average molecular weight is 323 g/mol. The van der Waals surface area contributed by atoms with Gasteiger partial charge in [0.1, 0.15) is 11.0 Å². The molecule has 2 rings (SSSR count). The Morgan fingerprint density at radius 2 is 2.00 bits per heavy atom. The van der Waals surface area contributed by atoms with Crippen molar-refractivity contribution in [3.63, 3.8) is 0 Å². The zero-order valence-corrected chi connectivity index (χ0v) is 12.0. The fourth-order valence-corrected chi connectivity index (χ4v) is 2.45. The summed E-state index contributed by atoms with van der Waals surface area (Å²) in [6.45, 7) is 0.894. The number of carbonyl (C=O) groups excluding carboxylic acids is 1. The van der Waals surface area contributed by atoms with Crippen molar-refractivity contribution in [3.8, 4) is 0 Å². The smallest absolute Gasteiger partial charge is 0.359 e. The maximum Gasteiger partial charge on any atom is 0.451 e. The third-order valence-electron chi connectivity index (χ3n) is 3.37. The maximum atomic E-state index is 12.7. The van der Waals surface area contributed by atoms with Gasteiger partial charge in [0.2, 0.25) is 11.7 Å². The van der Waals surface area contributed by atoms with E-state index in [-0.39, 0.29) is 22.8 Å². The molecule has 116 valence electrons. The molecular weight excluding hydrogens is 309 g/mol. The van der Waals surface area contributed by atoms with E-state index in [1.165, 1.54) is 6.07 Å². The highest BCUT2D eigenvalue weighted by atomic mass is 35.5. The molecule has 0 bridgehead atoms. The molecule has 1 fully saturated rings. The number of piperidine rings is 1. The normalized spacial score (nSPS) is 16.9. The molecule has 0 atom stereocenters. The number of amides is 1. The number of hydrogen-bond acceptors (Lipinski definition) is 4. The maximum absolute atomic E-state index is 12.7. The van der Waals surface area contributed by atoms with Crippen LogP contribution in [-0.4, -0.2) is 36.0 Å². The van der Waals surface area contributed by atoms with E-state index in [2.05, 4.69) is 15.3 Å². The van der Waals surface area contributed by atoms with E-state index in [0.29, 0.717) is 25.9 Å². The molecule has 1 saturated heterocycles. The summed E-state index contributed by atoms with van der Waals surface area (Å²) in [5.41, 5.74) is 0. The Labute approximate surface area is 124 Å². The van der Waals surface area contributed by atoms with Gasteiger partial charge in [0.15, 0.2) is 0 Å². The van der Waals surface area contributed by atoms with E-state index in [0.717, 1.165) is 0 Å². The van der Waals surface area contributed by atoms with Gasteiger partial charge in [0.05, 0.1) is 0 Å². The molecule has 0 aliphatic carbocycles. The SMILES string of the molecule is CNC(=O)C1CCN(c2cc(Cl)nc(C(F)(F)F)n2)CC1. The van der Waals surface area contributed by atoms with Gasteiger partial charge in [-0.1, -0.05) is 11.6 Å². The second kappa shape index (κ2) is 6.05. The summed E-state index contributed by atoms with van der Waals surface area (Å²) in [6.07, 6.45) is -3.52. The molecule has 5 nitrogen and oxygen atoms in total. The van der Waals surface area contributed by atoms with Crippen molar-refractivity contribution >= 4 is 23.3 Å². The first kappa shape index (κ1) is 15.8. The van der Waals surface area contributed by atoms with Crippen LogP contribution in [0.3, 0.4) is 0 Å². The lowest BCUT2D eigenvalue weighted by Gasteiger charge is -2.32. The Bertz CT molecular complexity index is 530. The summed E-state index contributed by atoms with van der Waals surface area (Å²) in [4.78, 5) is 19.9. The minimum Gasteiger partial charge on any atom is -0.359 e. The Hall–Kier alpha value is -1.57. The number of nitrogens with one attached hydrogen (secondary N) is 1. The van der Waals surface area contributed by atoms with E-state index in [1.807, 2.05) is 0 Å². The number of halogens is 4. The van der Waals surface area contributed by atoms with Crippen molar-refractivity contribution in [3.05, 3.63) is 17.0 Å². The predicted octanol–water partition coefficient (Wildman–Crippen LogP) is 2.11. The molecule has 2 heterocycles. The highest BCUT2D eigenvalue weighted by Crippen LogP contribution is 2.30. The molecule has 1 N–H and O–H groups in total. The molecular formula is C12H14ClF3N4O. The fraction of sp³-hybridized carbons (Fsp3) is 0.583. The molecule has 9 heteroatoms. The lowest BCUT2D eigenvalue weighted by molar-refractivity contribution is -0.144. The average Bonchev–Trinajstić information content (AvgIpc) is 2.45. The first-order valence-corrected chi connectivity index (χ1v) is 6.77. The van der Waals surface area contributed by atoms with Gasteiger partial charge in [-0.25, -0.2) is 9.97 Å². The lowest BCUT2D eigenvalue weighted by atomic mass is 9.96. The van der Waals surface area contributed by atoms with Gasteiger partial charge in [-0.05, 0) is 12.8 Å². The van der Waals surface area contributed by atoms with Crippen LogP contribution in [0.5, 0.6) is 0 Å². The van der Waals surface area contributed by atoms with Crippen molar-refractivity contribution < 1.29 is 18.0 Å². The number of hydrogen-bond donors (Lipinski definition) is 1. The zero-order chi connectivity index (χ0) is 15.6. The number of nitrogens with zero attached hydrogens (tertiary/aromatic N) is 3. The van der Waals surface area contributed by atoms with E-state index in [4.69, 9.17) is 11.6 Å². The molecule has 1 amide bonds. The standard InChI is InChI=1S/C12H14ClF3N4O/c1-17-10(21)7-2-4-20(5-3-7)9-6-8(13)18-11(19-9)12(14,15)16/h6-7H,2-5H2,1H3,(H,17,21). The molecule has 1 aromatic rings. The molecule has 1 aliphatic heterocycles. The van der Waals surface area contributed by atoms with Crippen LogP contribution < -0.4 is 10.2 Å². The first-order chi connectivity index (χ1) is 9.81. The largest absolute Gasteiger partial charge is 0.451 e. The molecule has 21 heavy (non-hydrogen) atoms. The van der Waals surface area contributed by atoms with Crippen LogP contribution in [0.4, 0.5) is 19.0 Å². The molecule has 0 radical (unpaired) electrons. The monoisotopic (exact) mass is 322 g/mol. The minimum atomic E-state index is -4.64. The van der Waals surface area contributed by atoms with Crippen LogP contribution in [-0.2, 0) is 11.0 Å². The van der Waals surface area contributed by atoms with Crippen LogP contribution in [0.15, 0.2) is 6.07 Å². The van der Waals surface area contributed by atoms with E-state index >= 15 is 0 Å². The van der Waals surface area contributed by atoms with Gasteiger partial charge in [-0.3, -0.25) is 4.79 Å². The third kappa shape index (κ3) is 3.75. The van der Waals surface area contributed by atoms with Gasteiger partial charge < -0.3 is 10.2 Å². The quantitative estimate of drug-likeness (QED) is 0.847. The summed E-state index contributed by atoms with van der Waals surface area (Å²) in [5, 5.41) is 2.33. The molecule has 0 saturated carbocycles. The van der Waals surface area contributed by atoms with E-state index in [9.17, 15) is 18.0 Å². The summed E-state index contributed by atoms with van der Waals surface area (Å²) < 4.78 is 38.0. The second-order valence-electron chi connectivity index (χ2n) is 4.75. The van der Waals surface area contributed by atoms with E-state index < -0.39 is 12.0 Å².